The summed E-state index contributed by atoms with van der Waals surface area (Å²) in [5.41, 5.74) is 3.22. The molecule has 2 aliphatic rings. The normalized spacial score (nSPS) is 18.2. The van der Waals surface area contributed by atoms with Gasteiger partial charge in [-0.2, -0.15) is 5.26 Å². The van der Waals surface area contributed by atoms with Crippen LogP contribution >= 0.6 is 0 Å². The molecule has 0 aromatic heterocycles. The molecule has 32 heavy (non-hydrogen) atoms. The van der Waals surface area contributed by atoms with E-state index >= 15 is 0 Å². The molecule has 0 atom stereocenters. The average molecular weight is 456 g/mol. The van der Waals surface area contributed by atoms with Crippen LogP contribution in [0.1, 0.15) is 41.0 Å². The van der Waals surface area contributed by atoms with Crippen LogP contribution in [-0.2, 0) is 21.2 Å². The topological polar surface area (TPSA) is 81.5 Å². The van der Waals surface area contributed by atoms with E-state index in [0.717, 1.165) is 24.0 Å². The van der Waals surface area contributed by atoms with Gasteiger partial charge in [-0.1, -0.05) is 18.2 Å². The van der Waals surface area contributed by atoms with E-state index in [-0.39, 0.29) is 37.2 Å². The first-order valence-corrected chi connectivity index (χ1v) is 12.3. The first-order chi connectivity index (χ1) is 15.3. The number of piperidine rings is 1. The number of rotatable bonds is 5. The van der Waals surface area contributed by atoms with Gasteiger partial charge in [-0.3, -0.25) is 4.79 Å². The minimum Gasteiger partial charge on any atom is -0.340 e. The molecule has 2 saturated heterocycles. The van der Waals surface area contributed by atoms with E-state index in [1.54, 1.807) is 22.5 Å². The van der Waals surface area contributed by atoms with Crippen LogP contribution in [0, 0.1) is 24.1 Å². The summed E-state index contributed by atoms with van der Waals surface area (Å²) in [5.74, 6) is -0.278. The Morgan fingerprint density at radius 2 is 1.78 bits per heavy atom. The Labute approximate surface area is 188 Å². The molecular weight excluding hydrogens is 429 g/mol. The van der Waals surface area contributed by atoms with Crippen molar-refractivity contribution in [2.24, 2.45) is 0 Å². The molecule has 2 aliphatic heterocycles. The number of hydrogen-bond donors (Lipinski definition) is 0. The van der Waals surface area contributed by atoms with Gasteiger partial charge in [0, 0.05) is 26.2 Å². The van der Waals surface area contributed by atoms with E-state index in [0.29, 0.717) is 24.2 Å². The zero-order chi connectivity index (χ0) is 22.9. The van der Waals surface area contributed by atoms with Crippen LogP contribution in [0.5, 0.6) is 0 Å². The van der Waals surface area contributed by atoms with Gasteiger partial charge in [-0.05, 0) is 66.6 Å². The minimum absolute atomic E-state index is 0.0757. The molecule has 0 bridgehead atoms. The number of likely N-dealkylation sites (tertiary alicyclic amines) is 1. The highest BCUT2D eigenvalue weighted by Gasteiger charge is 2.43. The van der Waals surface area contributed by atoms with Gasteiger partial charge in [-0.15, -0.1) is 0 Å². The fourth-order valence-corrected chi connectivity index (χ4v) is 6.30. The van der Waals surface area contributed by atoms with E-state index in [4.69, 9.17) is 5.26 Å². The molecule has 2 fully saturated rings. The summed E-state index contributed by atoms with van der Waals surface area (Å²) < 4.78 is 41.1. The smallest absolute Gasteiger partial charge is 0.227 e. The molecule has 168 valence electrons. The first-order valence-electron chi connectivity index (χ1n) is 10.8. The second-order valence-corrected chi connectivity index (χ2v) is 10.8. The van der Waals surface area contributed by atoms with Crippen molar-refractivity contribution in [2.45, 2.75) is 37.4 Å². The predicted octanol–water partition coefficient (Wildman–Crippen LogP) is 2.97. The fourth-order valence-electron chi connectivity index (χ4n) is 4.42. The number of halogens is 1. The van der Waals surface area contributed by atoms with Crippen molar-refractivity contribution in [3.63, 3.8) is 0 Å². The van der Waals surface area contributed by atoms with Crippen molar-refractivity contribution < 1.29 is 17.6 Å². The van der Waals surface area contributed by atoms with Crippen LogP contribution in [0.15, 0.2) is 42.5 Å². The van der Waals surface area contributed by atoms with E-state index in [1.807, 2.05) is 19.1 Å². The SMILES string of the molecule is Cc1ccc(F)cc1CC(=O)N1CC(S(=O)(=O)N2CCC(c3ccc(C#N)cc3)CC2)C1. The monoisotopic (exact) mass is 455 g/mol. The van der Waals surface area contributed by atoms with Crippen LogP contribution in [0.2, 0.25) is 0 Å². The maximum atomic E-state index is 13.5. The Morgan fingerprint density at radius 3 is 2.41 bits per heavy atom. The third-order valence-electron chi connectivity index (χ3n) is 6.60. The van der Waals surface area contributed by atoms with Gasteiger partial charge in [0.25, 0.3) is 0 Å². The lowest BCUT2D eigenvalue weighted by atomic mass is 9.90. The largest absolute Gasteiger partial charge is 0.340 e. The quantitative estimate of drug-likeness (QED) is 0.694. The summed E-state index contributed by atoms with van der Waals surface area (Å²) in [5, 5.41) is 8.35. The average Bonchev–Trinajstić information content (AvgIpc) is 2.75. The first kappa shape index (κ1) is 22.4. The number of carbonyl (C=O) groups excluding carboxylic acids is 1. The van der Waals surface area contributed by atoms with Gasteiger partial charge < -0.3 is 4.90 Å². The zero-order valence-electron chi connectivity index (χ0n) is 18.0. The van der Waals surface area contributed by atoms with Crippen LogP contribution in [0.25, 0.3) is 0 Å². The Morgan fingerprint density at radius 1 is 1.12 bits per heavy atom. The molecule has 1 amide bonds. The van der Waals surface area contributed by atoms with E-state index in [2.05, 4.69) is 6.07 Å². The number of nitrogens with zero attached hydrogens (tertiary/aromatic N) is 3. The Bertz CT molecular complexity index is 1140. The molecule has 0 radical (unpaired) electrons. The van der Waals surface area contributed by atoms with Gasteiger partial charge in [0.15, 0.2) is 0 Å². The summed E-state index contributed by atoms with van der Waals surface area (Å²) in [7, 11) is -3.46. The van der Waals surface area contributed by atoms with Crippen LogP contribution in [-0.4, -0.2) is 55.0 Å². The van der Waals surface area contributed by atoms with Crippen molar-refractivity contribution in [2.75, 3.05) is 26.2 Å². The predicted molar refractivity (Wildman–Crippen MR) is 119 cm³/mol. The van der Waals surface area contributed by atoms with Crippen LogP contribution in [0.3, 0.4) is 0 Å². The molecule has 0 saturated carbocycles. The maximum absolute atomic E-state index is 13.5. The second kappa shape index (κ2) is 9.00. The molecule has 4 rings (SSSR count). The van der Waals surface area contributed by atoms with Crippen LogP contribution < -0.4 is 0 Å². The molecular formula is C24H26FN3O3S. The van der Waals surface area contributed by atoms with Crippen LogP contribution in [0.4, 0.5) is 4.39 Å². The van der Waals surface area contributed by atoms with E-state index in [9.17, 15) is 17.6 Å². The number of sulfonamides is 1. The molecule has 0 unspecified atom stereocenters. The number of benzene rings is 2. The van der Waals surface area contributed by atoms with Crippen molar-refractivity contribution in [1.29, 1.82) is 5.26 Å². The second-order valence-electron chi connectivity index (χ2n) is 8.62. The molecule has 0 aliphatic carbocycles. The van der Waals surface area contributed by atoms with Gasteiger partial charge in [0.1, 0.15) is 11.1 Å². The maximum Gasteiger partial charge on any atom is 0.227 e. The Hall–Kier alpha value is -2.76. The molecule has 2 aromatic carbocycles. The molecule has 2 aromatic rings. The Balaban J connectivity index is 1.30. The highest BCUT2D eigenvalue weighted by atomic mass is 32.2. The summed E-state index contributed by atoms with van der Waals surface area (Å²) >= 11 is 0. The number of carbonyl (C=O) groups is 1. The lowest BCUT2D eigenvalue weighted by Crippen LogP contribution is -2.60. The molecule has 2 heterocycles. The number of amides is 1. The summed E-state index contributed by atoms with van der Waals surface area (Å²) in [6.07, 6.45) is 1.55. The molecule has 8 heteroatoms. The van der Waals surface area contributed by atoms with Crippen molar-refractivity contribution in [1.82, 2.24) is 9.21 Å². The fraction of sp³-hybridized carbons (Fsp3) is 0.417. The van der Waals surface area contributed by atoms with Gasteiger partial charge in [0.05, 0.1) is 18.1 Å². The highest BCUT2D eigenvalue weighted by molar-refractivity contribution is 7.89. The zero-order valence-corrected chi connectivity index (χ0v) is 18.8. The van der Waals surface area contributed by atoms with Crippen molar-refractivity contribution in [3.8, 4) is 6.07 Å². The van der Waals surface area contributed by atoms with Crippen molar-refractivity contribution >= 4 is 15.9 Å². The van der Waals surface area contributed by atoms with Gasteiger partial charge >= 0.3 is 0 Å². The third kappa shape index (κ3) is 4.54. The number of nitriles is 1. The standard InChI is InChI=1S/C24H26FN3O3S/c1-17-2-7-22(25)12-21(17)13-24(29)27-15-23(16-27)32(30,31)28-10-8-20(9-11-28)19-5-3-18(14-26)4-6-19/h2-7,12,20,23H,8-11,13,15-16H2,1H3. The highest BCUT2D eigenvalue weighted by Crippen LogP contribution is 2.31. The lowest BCUT2D eigenvalue weighted by Gasteiger charge is -2.42. The molecule has 0 spiro atoms. The van der Waals surface area contributed by atoms with Gasteiger partial charge in [-0.25, -0.2) is 17.1 Å². The van der Waals surface area contributed by atoms with E-state index in [1.165, 1.54) is 17.0 Å². The van der Waals surface area contributed by atoms with E-state index < -0.39 is 15.3 Å². The minimum atomic E-state index is -3.46. The summed E-state index contributed by atoms with van der Waals surface area (Å²) in [6, 6.07) is 14.0. The molecule has 6 nitrogen and oxygen atoms in total. The molecule has 0 N–H and O–H groups in total. The Kier molecular flexibility index (Phi) is 6.31. The lowest BCUT2D eigenvalue weighted by molar-refractivity contribution is -0.133. The summed E-state index contributed by atoms with van der Waals surface area (Å²) in [4.78, 5) is 14.1. The van der Waals surface area contributed by atoms with Gasteiger partial charge in [0.2, 0.25) is 15.9 Å². The third-order valence-corrected chi connectivity index (χ3v) is 8.83. The number of aryl methyl sites for hydroxylation is 1. The van der Waals surface area contributed by atoms with Crippen molar-refractivity contribution in [3.05, 3.63) is 70.5 Å². The number of hydrogen-bond acceptors (Lipinski definition) is 4. The summed E-state index contributed by atoms with van der Waals surface area (Å²) in [6.45, 7) is 3.11.